The van der Waals surface area contributed by atoms with E-state index in [1.165, 1.54) is 0 Å². The molecule has 0 aliphatic heterocycles. The summed E-state index contributed by atoms with van der Waals surface area (Å²) in [6.07, 6.45) is 1.72. The fourth-order valence-electron chi connectivity index (χ4n) is 1.36. The number of hydrogen-bond donors (Lipinski definition) is 2. The van der Waals surface area contributed by atoms with Crippen LogP contribution in [-0.2, 0) is 0 Å². The minimum Gasteiger partial charge on any atom is -0.324 e. The summed E-state index contributed by atoms with van der Waals surface area (Å²) in [6, 6.07) is 11.7. The molecule has 1 aromatic carbocycles. The lowest BCUT2D eigenvalue weighted by molar-refractivity contribution is 0.774. The van der Waals surface area contributed by atoms with Gasteiger partial charge in [-0.3, -0.25) is 5.01 Å². The molecule has 0 radical (unpaired) electrons. The Bertz CT molecular complexity index is 471. The van der Waals surface area contributed by atoms with Crippen molar-refractivity contribution in [1.29, 1.82) is 0 Å². The second-order valence-corrected chi connectivity index (χ2v) is 3.51. The molecule has 2 N–H and O–H groups in total. The molecule has 1 heterocycles. The lowest BCUT2D eigenvalue weighted by Gasteiger charge is -2.16. The predicted octanol–water partition coefficient (Wildman–Crippen LogP) is 1.79. The topological polar surface area (TPSA) is 53.1 Å². The van der Waals surface area contributed by atoms with Crippen LogP contribution < -0.4 is 15.8 Å². The Kier molecular flexibility index (Phi) is 3.52. The first-order valence-electron chi connectivity index (χ1n) is 5.36. The number of nitrogens with one attached hydrogen (secondary N) is 2. The smallest absolute Gasteiger partial charge is 0.229 e. The summed E-state index contributed by atoms with van der Waals surface area (Å²) < 4.78 is 0. The van der Waals surface area contributed by atoms with Gasteiger partial charge in [0.2, 0.25) is 5.95 Å². The number of nitrogens with zero attached hydrogens (tertiary/aromatic N) is 3. The Morgan fingerprint density at radius 3 is 2.59 bits per heavy atom. The number of hydrogen-bond acceptors (Lipinski definition) is 5. The quantitative estimate of drug-likeness (QED) is 0.783. The molecule has 1 aromatic heterocycles. The van der Waals surface area contributed by atoms with Gasteiger partial charge >= 0.3 is 0 Å². The molecule has 0 atom stereocenters. The third-order valence-electron chi connectivity index (χ3n) is 2.35. The van der Waals surface area contributed by atoms with Gasteiger partial charge in [-0.15, -0.1) is 0 Å². The van der Waals surface area contributed by atoms with Crippen LogP contribution in [0, 0.1) is 0 Å². The van der Waals surface area contributed by atoms with Crippen LogP contribution in [-0.4, -0.2) is 24.1 Å². The second-order valence-electron chi connectivity index (χ2n) is 3.51. The molecule has 5 nitrogen and oxygen atoms in total. The summed E-state index contributed by atoms with van der Waals surface area (Å²) in [7, 11) is 3.74. The van der Waals surface area contributed by atoms with Gasteiger partial charge in [-0.25, -0.2) is 10.4 Å². The summed E-state index contributed by atoms with van der Waals surface area (Å²) >= 11 is 0. The van der Waals surface area contributed by atoms with Crippen LogP contribution >= 0.6 is 0 Å². The number of para-hydroxylation sites is 1. The zero-order valence-electron chi connectivity index (χ0n) is 9.88. The molecule has 0 aliphatic carbocycles. The van der Waals surface area contributed by atoms with Crippen molar-refractivity contribution in [3.63, 3.8) is 0 Å². The average Bonchev–Trinajstić information content (AvgIpc) is 2.39. The third kappa shape index (κ3) is 2.92. The third-order valence-corrected chi connectivity index (χ3v) is 2.35. The van der Waals surface area contributed by atoms with E-state index < -0.39 is 0 Å². The van der Waals surface area contributed by atoms with Crippen molar-refractivity contribution in [2.24, 2.45) is 0 Å². The monoisotopic (exact) mass is 229 g/mol. The van der Waals surface area contributed by atoms with Crippen molar-refractivity contribution in [3.8, 4) is 0 Å². The first-order valence-corrected chi connectivity index (χ1v) is 5.36. The zero-order valence-corrected chi connectivity index (χ0v) is 9.88. The van der Waals surface area contributed by atoms with Crippen LogP contribution in [0.5, 0.6) is 0 Å². The van der Waals surface area contributed by atoms with E-state index in [9.17, 15) is 0 Å². The fourth-order valence-corrected chi connectivity index (χ4v) is 1.36. The molecular formula is C12H15N5. The number of hydrazine groups is 1. The summed E-state index contributed by atoms with van der Waals surface area (Å²) in [4.78, 5) is 8.55. The van der Waals surface area contributed by atoms with E-state index in [2.05, 4.69) is 20.7 Å². The molecule has 0 amide bonds. The minimum absolute atomic E-state index is 0.579. The number of anilines is 3. The van der Waals surface area contributed by atoms with Gasteiger partial charge in [0.05, 0.1) is 0 Å². The largest absolute Gasteiger partial charge is 0.324 e. The van der Waals surface area contributed by atoms with Crippen molar-refractivity contribution in [2.45, 2.75) is 0 Å². The van der Waals surface area contributed by atoms with Crippen molar-refractivity contribution in [3.05, 3.63) is 42.6 Å². The molecule has 0 spiro atoms. The van der Waals surface area contributed by atoms with Crippen LogP contribution in [0.1, 0.15) is 0 Å². The molecule has 2 rings (SSSR count). The molecular weight excluding hydrogens is 214 g/mol. The Labute approximate surface area is 100 Å². The van der Waals surface area contributed by atoms with Crippen LogP contribution in [0.25, 0.3) is 0 Å². The van der Waals surface area contributed by atoms with Gasteiger partial charge in [-0.05, 0) is 12.1 Å². The normalized spacial score (nSPS) is 10.0. The van der Waals surface area contributed by atoms with Crippen LogP contribution in [0.3, 0.4) is 0 Å². The average molecular weight is 229 g/mol. The van der Waals surface area contributed by atoms with E-state index in [1.807, 2.05) is 55.5 Å². The maximum absolute atomic E-state index is 4.38. The highest BCUT2D eigenvalue weighted by atomic mass is 15.5. The molecule has 0 unspecified atom stereocenters. The lowest BCUT2D eigenvalue weighted by Crippen LogP contribution is -2.31. The van der Waals surface area contributed by atoms with Gasteiger partial charge in [0.15, 0.2) is 0 Å². The molecule has 0 saturated carbocycles. The Morgan fingerprint density at radius 1 is 1.12 bits per heavy atom. The van der Waals surface area contributed by atoms with E-state index in [0.717, 1.165) is 11.5 Å². The zero-order chi connectivity index (χ0) is 12.1. The van der Waals surface area contributed by atoms with Gasteiger partial charge in [0, 0.05) is 32.0 Å². The van der Waals surface area contributed by atoms with E-state index in [-0.39, 0.29) is 0 Å². The molecule has 0 aliphatic rings. The lowest BCUT2D eigenvalue weighted by atomic mass is 10.3. The summed E-state index contributed by atoms with van der Waals surface area (Å²) in [6.45, 7) is 0. The van der Waals surface area contributed by atoms with Gasteiger partial charge in [0.1, 0.15) is 5.82 Å². The number of benzene rings is 1. The number of rotatable bonds is 4. The highest BCUT2D eigenvalue weighted by molar-refractivity contribution is 5.54. The standard InChI is InChI=1S/C12H15N5/c1-13-17(2)11-8-9-14-12(16-11)15-10-6-4-3-5-7-10/h3-9,13H,1-2H3,(H,14,15,16). The first kappa shape index (κ1) is 11.3. The maximum atomic E-state index is 4.38. The molecule has 0 fully saturated rings. The number of aromatic nitrogens is 2. The van der Waals surface area contributed by atoms with Gasteiger partial charge in [-0.2, -0.15) is 4.98 Å². The molecule has 5 heteroatoms. The highest BCUT2D eigenvalue weighted by Crippen LogP contribution is 2.14. The maximum Gasteiger partial charge on any atom is 0.229 e. The van der Waals surface area contributed by atoms with Crippen molar-refractivity contribution >= 4 is 17.5 Å². The molecule has 88 valence electrons. The summed E-state index contributed by atoms with van der Waals surface area (Å²) in [5, 5.41) is 4.96. The van der Waals surface area contributed by atoms with E-state index >= 15 is 0 Å². The molecule has 0 saturated heterocycles. The fraction of sp³-hybridized carbons (Fsp3) is 0.167. The van der Waals surface area contributed by atoms with Gasteiger partial charge < -0.3 is 5.32 Å². The van der Waals surface area contributed by atoms with E-state index in [0.29, 0.717) is 5.95 Å². The van der Waals surface area contributed by atoms with Crippen LogP contribution in [0.4, 0.5) is 17.5 Å². The Hall–Kier alpha value is -2.14. The van der Waals surface area contributed by atoms with Gasteiger partial charge in [0.25, 0.3) is 0 Å². The van der Waals surface area contributed by atoms with E-state index in [4.69, 9.17) is 0 Å². The summed E-state index contributed by atoms with van der Waals surface area (Å²) in [5.74, 6) is 1.39. The minimum atomic E-state index is 0.579. The predicted molar refractivity (Wildman–Crippen MR) is 69.2 cm³/mol. The van der Waals surface area contributed by atoms with Crippen molar-refractivity contribution < 1.29 is 0 Å². The van der Waals surface area contributed by atoms with Crippen molar-refractivity contribution in [1.82, 2.24) is 15.4 Å². The van der Waals surface area contributed by atoms with Crippen molar-refractivity contribution in [2.75, 3.05) is 24.4 Å². The molecule has 2 aromatic rings. The Balaban J connectivity index is 2.17. The first-order chi connectivity index (χ1) is 8.29. The molecule has 17 heavy (non-hydrogen) atoms. The summed E-state index contributed by atoms with van der Waals surface area (Å²) in [5.41, 5.74) is 3.96. The SMILES string of the molecule is CNN(C)c1ccnc(Nc2ccccc2)n1. The highest BCUT2D eigenvalue weighted by Gasteiger charge is 2.02. The second kappa shape index (κ2) is 5.27. The Morgan fingerprint density at radius 2 is 1.88 bits per heavy atom. The molecule has 0 bridgehead atoms. The van der Waals surface area contributed by atoms with Gasteiger partial charge in [-0.1, -0.05) is 18.2 Å². The van der Waals surface area contributed by atoms with Crippen LogP contribution in [0.2, 0.25) is 0 Å². The van der Waals surface area contributed by atoms with E-state index in [1.54, 1.807) is 6.20 Å². The van der Waals surface area contributed by atoms with Crippen LogP contribution in [0.15, 0.2) is 42.6 Å².